The fourth-order valence-electron chi connectivity index (χ4n) is 2.15. The van der Waals surface area contributed by atoms with E-state index in [1.807, 2.05) is 24.3 Å². The zero-order valence-corrected chi connectivity index (χ0v) is 12.5. The molecule has 0 fully saturated rings. The van der Waals surface area contributed by atoms with Crippen molar-refractivity contribution in [2.75, 3.05) is 5.32 Å². The molecule has 0 aliphatic heterocycles. The summed E-state index contributed by atoms with van der Waals surface area (Å²) in [6.45, 7) is 4.34. The Morgan fingerprint density at radius 2 is 2.09 bits per heavy atom. The van der Waals surface area contributed by atoms with E-state index in [0.29, 0.717) is 11.7 Å². The molecule has 2 aromatic heterocycles. The predicted molar refractivity (Wildman–Crippen MR) is 83.9 cm³/mol. The summed E-state index contributed by atoms with van der Waals surface area (Å²) in [7, 11) is 0. The second-order valence-corrected chi connectivity index (χ2v) is 5.19. The Bertz CT molecular complexity index is 761. The molecule has 112 valence electrons. The van der Waals surface area contributed by atoms with E-state index in [9.17, 15) is 4.79 Å². The average molecular weight is 295 g/mol. The van der Waals surface area contributed by atoms with Crippen LogP contribution in [-0.4, -0.2) is 25.5 Å². The van der Waals surface area contributed by atoms with Gasteiger partial charge in [-0.3, -0.25) is 4.79 Å². The van der Waals surface area contributed by atoms with Crippen molar-refractivity contribution in [1.82, 2.24) is 19.6 Å². The molecule has 1 amide bonds. The maximum Gasteiger partial charge on any atom is 0.295 e. The third-order valence-electron chi connectivity index (χ3n) is 3.67. The lowest BCUT2D eigenvalue weighted by atomic mass is 9.99. The number of carbonyl (C=O) groups is 1. The number of nitrogens with one attached hydrogen (secondary N) is 1. The van der Waals surface area contributed by atoms with Crippen LogP contribution in [0.15, 0.2) is 42.7 Å². The molecule has 1 unspecified atom stereocenters. The normalized spacial score (nSPS) is 12.3. The summed E-state index contributed by atoms with van der Waals surface area (Å²) in [6, 6.07) is 9.59. The summed E-state index contributed by atoms with van der Waals surface area (Å²) >= 11 is 0. The van der Waals surface area contributed by atoms with Gasteiger partial charge in [-0.05, 0) is 36.1 Å². The van der Waals surface area contributed by atoms with Gasteiger partial charge in [0, 0.05) is 18.1 Å². The van der Waals surface area contributed by atoms with Crippen molar-refractivity contribution in [2.24, 2.45) is 0 Å². The lowest BCUT2D eigenvalue weighted by Crippen LogP contribution is -2.14. The summed E-state index contributed by atoms with van der Waals surface area (Å²) in [4.78, 5) is 20.3. The smallest absolute Gasteiger partial charge is 0.295 e. The van der Waals surface area contributed by atoms with Gasteiger partial charge in [0.15, 0.2) is 0 Å². The molecule has 0 bridgehead atoms. The van der Waals surface area contributed by atoms with E-state index in [1.54, 1.807) is 18.5 Å². The minimum atomic E-state index is -0.346. The molecule has 3 aromatic rings. The van der Waals surface area contributed by atoms with Crippen LogP contribution in [0, 0.1) is 0 Å². The van der Waals surface area contributed by atoms with Crippen LogP contribution in [0.3, 0.4) is 0 Å². The first kappa shape index (κ1) is 14.2. The number of hydrogen-bond donors (Lipinski definition) is 1. The lowest BCUT2D eigenvalue weighted by Gasteiger charge is -2.09. The highest BCUT2D eigenvalue weighted by molar-refractivity contribution is 6.01. The first-order chi connectivity index (χ1) is 10.7. The summed E-state index contributed by atoms with van der Waals surface area (Å²) < 4.78 is 1.47. The van der Waals surface area contributed by atoms with Crippen molar-refractivity contribution in [3.8, 4) is 0 Å². The zero-order chi connectivity index (χ0) is 15.5. The molecule has 1 N–H and O–H groups in total. The van der Waals surface area contributed by atoms with E-state index in [1.165, 1.54) is 10.1 Å². The molecule has 0 saturated carbocycles. The number of carbonyl (C=O) groups excluding carboxylic acids is 1. The highest BCUT2D eigenvalue weighted by Crippen LogP contribution is 2.20. The van der Waals surface area contributed by atoms with E-state index in [2.05, 4.69) is 34.2 Å². The van der Waals surface area contributed by atoms with E-state index in [4.69, 9.17) is 0 Å². The standard InChI is InChI=1S/C16H17N5O/c1-3-11(2)12-5-7-13(8-6-12)18-15(22)14-19-16-17-9-4-10-21(16)20-14/h4-11H,3H2,1-2H3,(H,18,22). The fraction of sp³-hybridized carbons (Fsp3) is 0.250. The number of amides is 1. The maximum absolute atomic E-state index is 12.2. The number of hydrogen-bond acceptors (Lipinski definition) is 4. The maximum atomic E-state index is 12.2. The molecule has 1 atom stereocenters. The molecular weight excluding hydrogens is 278 g/mol. The fourth-order valence-corrected chi connectivity index (χ4v) is 2.15. The monoisotopic (exact) mass is 295 g/mol. The molecule has 0 spiro atoms. The van der Waals surface area contributed by atoms with Gasteiger partial charge >= 0.3 is 0 Å². The molecule has 0 aliphatic carbocycles. The van der Waals surface area contributed by atoms with Crippen molar-refractivity contribution in [3.05, 3.63) is 54.1 Å². The number of nitrogens with zero attached hydrogens (tertiary/aromatic N) is 4. The molecule has 6 heteroatoms. The van der Waals surface area contributed by atoms with Crippen LogP contribution in [0.25, 0.3) is 5.78 Å². The first-order valence-electron chi connectivity index (χ1n) is 7.26. The lowest BCUT2D eigenvalue weighted by molar-refractivity contribution is 0.101. The highest BCUT2D eigenvalue weighted by atomic mass is 16.2. The van der Waals surface area contributed by atoms with Gasteiger partial charge in [0.2, 0.25) is 5.82 Å². The third kappa shape index (κ3) is 2.81. The van der Waals surface area contributed by atoms with Crippen molar-refractivity contribution in [1.29, 1.82) is 0 Å². The Balaban J connectivity index is 1.76. The molecule has 22 heavy (non-hydrogen) atoms. The van der Waals surface area contributed by atoms with Crippen LogP contribution >= 0.6 is 0 Å². The van der Waals surface area contributed by atoms with Gasteiger partial charge in [-0.1, -0.05) is 26.0 Å². The molecule has 3 rings (SSSR count). The zero-order valence-electron chi connectivity index (χ0n) is 12.5. The van der Waals surface area contributed by atoms with Crippen molar-refractivity contribution >= 4 is 17.4 Å². The van der Waals surface area contributed by atoms with Crippen molar-refractivity contribution in [2.45, 2.75) is 26.2 Å². The first-order valence-corrected chi connectivity index (χ1v) is 7.26. The molecule has 0 aliphatic rings. The Kier molecular flexibility index (Phi) is 3.82. The number of anilines is 1. The summed E-state index contributed by atoms with van der Waals surface area (Å²) in [5, 5.41) is 6.90. The topological polar surface area (TPSA) is 72.2 Å². The van der Waals surface area contributed by atoms with Crippen molar-refractivity contribution < 1.29 is 4.79 Å². The van der Waals surface area contributed by atoms with E-state index < -0.39 is 0 Å². The van der Waals surface area contributed by atoms with Gasteiger partial charge in [0.25, 0.3) is 11.7 Å². The summed E-state index contributed by atoms with van der Waals surface area (Å²) in [6.07, 6.45) is 4.40. The number of benzene rings is 1. The van der Waals surface area contributed by atoms with E-state index >= 15 is 0 Å². The van der Waals surface area contributed by atoms with Crippen LogP contribution in [0.4, 0.5) is 5.69 Å². The quantitative estimate of drug-likeness (QED) is 0.803. The second-order valence-electron chi connectivity index (χ2n) is 5.19. The number of fused-ring (bicyclic) bond motifs is 1. The van der Waals surface area contributed by atoms with Crippen LogP contribution in [0.1, 0.15) is 42.4 Å². The van der Waals surface area contributed by atoms with Crippen molar-refractivity contribution in [3.63, 3.8) is 0 Å². The molecular formula is C16H17N5O. The minimum absolute atomic E-state index is 0.102. The molecule has 1 aromatic carbocycles. The Hall–Kier alpha value is -2.76. The SMILES string of the molecule is CCC(C)c1ccc(NC(=O)c2nc3ncccn3n2)cc1. The minimum Gasteiger partial charge on any atom is -0.319 e. The Morgan fingerprint density at radius 1 is 1.32 bits per heavy atom. The van der Waals surface area contributed by atoms with Crippen LogP contribution in [0.5, 0.6) is 0 Å². The van der Waals surface area contributed by atoms with Gasteiger partial charge in [-0.25, -0.2) is 9.50 Å². The van der Waals surface area contributed by atoms with Gasteiger partial charge in [0.1, 0.15) is 0 Å². The average Bonchev–Trinajstić information content (AvgIpc) is 2.99. The second kappa shape index (κ2) is 5.93. The molecule has 0 radical (unpaired) electrons. The number of aromatic nitrogens is 4. The molecule has 6 nitrogen and oxygen atoms in total. The van der Waals surface area contributed by atoms with E-state index in [-0.39, 0.29) is 11.7 Å². The highest BCUT2D eigenvalue weighted by Gasteiger charge is 2.13. The van der Waals surface area contributed by atoms with Crippen LogP contribution in [0.2, 0.25) is 0 Å². The largest absolute Gasteiger partial charge is 0.319 e. The van der Waals surface area contributed by atoms with Gasteiger partial charge in [-0.2, -0.15) is 4.98 Å². The predicted octanol–water partition coefficient (Wildman–Crippen LogP) is 2.89. The van der Waals surface area contributed by atoms with Gasteiger partial charge in [-0.15, -0.1) is 5.10 Å². The summed E-state index contributed by atoms with van der Waals surface area (Å²) in [5.74, 6) is 0.669. The Morgan fingerprint density at radius 3 is 2.77 bits per heavy atom. The van der Waals surface area contributed by atoms with Gasteiger partial charge < -0.3 is 5.32 Å². The summed E-state index contributed by atoms with van der Waals surface area (Å²) in [5.41, 5.74) is 1.99. The molecule has 2 heterocycles. The Labute approximate surface area is 128 Å². The van der Waals surface area contributed by atoms with E-state index in [0.717, 1.165) is 12.1 Å². The number of rotatable bonds is 4. The third-order valence-corrected chi connectivity index (χ3v) is 3.67. The molecule has 0 saturated heterocycles. The van der Waals surface area contributed by atoms with Crippen LogP contribution < -0.4 is 5.32 Å². The van der Waals surface area contributed by atoms with Gasteiger partial charge in [0.05, 0.1) is 0 Å². The van der Waals surface area contributed by atoms with Crippen LogP contribution in [-0.2, 0) is 0 Å².